The maximum atomic E-state index is 12.3. The van der Waals surface area contributed by atoms with E-state index in [4.69, 9.17) is 16.3 Å². The van der Waals surface area contributed by atoms with Crippen molar-refractivity contribution in [1.82, 2.24) is 5.32 Å². The molecule has 0 saturated carbocycles. The molecule has 118 valence electrons. The molecule has 0 spiro atoms. The fraction of sp³-hybridized carbons (Fsp3) is 0.533. The van der Waals surface area contributed by atoms with E-state index in [0.29, 0.717) is 10.8 Å². The summed E-state index contributed by atoms with van der Waals surface area (Å²) in [6, 6.07) is 6.72. The highest BCUT2D eigenvalue weighted by molar-refractivity contribution is 7.99. The molecule has 2 unspecified atom stereocenters. The Labute approximate surface area is 135 Å². The Morgan fingerprint density at radius 3 is 2.48 bits per heavy atom. The van der Waals surface area contributed by atoms with Crippen LogP contribution in [-0.4, -0.2) is 40.8 Å². The number of hydrogen-bond donors (Lipinski definition) is 2. The van der Waals surface area contributed by atoms with Crippen LogP contribution in [0.25, 0.3) is 0 Å². The Kier molecular flexibility index (Phi) is 6.84. The third-order valence-electron chi connectivity index (χ3n) is 3.13. The molecule has 0 heterocycles. The van der Waals surface area contributed by atoms with Gasteiger partial charge in [-0.05, 0) is 51.3 Å². The van der Waals surface area contributed by atoms with E-state index in [9.17, 15) is 9.90 Å². The molecule has 21 heavy (non-hydrogen) atoms. The minimum atomic E-state index is -1.01. The number of carbonyl (C=O) groups excluding carboxylic acids is 1. The second kappa shape index (κ2) is 7.92. The van der Waals surface area contributed by atoms with Crippen molar-refractivity contribution in [3.63, 3.8) is 0 Å². The normalized spacial score (nSPS) is 14.4. The smallest absolute Gasteiger partial charge is 0.263 e. The third-order valence-corrected chi connectivity index (χ3v) is 4.55. The van der Waals surface area contributed by atoms with Crippen molar-refractivity contribution in [1.29, 1.82) is 0 Å². The summed E-state index contributed by atoms with van der Waals surface area (Å²) >= 11 is 7.34. The maximum absolute atomic E-state index is 12.3. The zero-order valence-electron chi connectivity index (χ0n) is 12.7. The van der Waals surface area contributed by atoms with Crippen LogP contribution in [0, 0.1) is 0 Å². The first-order valence-corrected chi connectivity index (χ1v) is 8.36. The van der Waals surface area contributed by atoms with Crippen molar-refractivity contribution in [3.8, 4) is 5.75 Å². The Hall–Kier alpha value is -0.910. The van der Waals surface area contributed by atoms with E-state index in [2.05, 4.69) is 5.32 Å². The standard InChI is InChI=1S/C15H22ClNO3S/c1-10(13(9-18)21-4)17-14(19)15(2,3)20-12-7-5-11(16)6-8-12/h5-8,10,13,18H,9H2,1-4H3,(H,17,19). The predicted molar refractivity (Wildman–Crippen MR) is 88.2 cm³/mol. The van der Waals surface area contributed by atoms with Crippen LogP contribution in [0.1, 0.15) is 20.8 Å². The zero-order valence-corrected chi connectivity index (χ0v) is 14.3. The van der Waals surface area contributed by atoms with Crippen molar-refractivity contribution in [3.05, 3.63) is 29.3 Å². The molecule has 4 nitrogen and oxygen atoms in total. The molecular weight excluding hydrogens is 310 g/mol. The molecule has 0 saturated heterocycles. The van der Waals surface area contributed by atoms with Crippen molar-refractivity contribution in [2.45, 2.75) is 37.7 Å². The monoisotopic (exact) mass is 331 g/mol. The van der Waals surface area contributed by atoms with Crippen molar-refractivity contribution < 1.29 is 14.6 Å². The lowest BCUT2D eigenvalue weighted by atomic mass is 10.1. The molecule has 0 aliphatic carbocycles. The molecular formula is C15H22ClNO3S. The fourth-order valence-corrected chi connectivity index (χ4v) is 2.51. The summed E-state index contributed by atoms with van der Waals surface area (Å²) in [5.41, 5.74) is -1.01. The van der Waals surface area contributed by atoms with Gasteiger partial charge in [-0.25, -0.2) is 0 Å². The Morgan fingerprint density at radius 2 is 2.00 bits per heavy atom. The predicted octanol–water partition coefficient (Wildman–Crippen LogP) is 2.73. The molecule has 0 aliphatic rings. The average molecular weight is 332 g/mol. The molecule has 0 fully saturated rings. The highest BCUT2D eigenvalue weighted by Crippen LogP contribution is 2.21. The van der Waals surface area contributed by atoms with Crippen LogP contribution < -0.4 is 10.1 Å². The van der Waals surface area contributed by atoms with Crippen LogP contribution in [0.4, 0.5) is 0 Å². The van der Waals surface area contributed by atoms with Gasteiger partial charge in [0.05, 0.1) is 6.61 Å². The highest BCUT2D eigenvalue weighted by atomic mass is 35.5. The van der Waals surface area contributed by atoms with Crippen LogP contribution in [-0.2, 0) is 4.79 Å². The molecule has 0 aromatic heterocycles. The summed E-state index contributed by atoms with van der Waals surface area (Å²) in [4.78, 5) is 12.3. The van der Waals surface area contributed by atoms with Crippen LogP contribution in [0.5, 0.6) is 5.75 Å². The van der Waals surface area contributed by atoms with Crippen LogP contribution in [0.3, 0.4) is 0 Å². The van der Waals surface area contributed by atoms with E-state index in [1.54, 1.807) is 38.1 Å². The van der Waals surface area contributed by atoms with Crippen LogP contribution >= 0.6 is 23.4 Å². The molecule has 2 atom stereocenters. The summed E-state index contributed by atoms with van der Waals surface area (Å²) in [6.45, 7) is 5.29. The zero-order chi connectivity index (χ0) is 16.0. The van der Waals surface area contributed by atoms with Crippen molar-refractivity contribution in [2.75, 3.05) is 12.9 Å². The first-order valence-electron chi connectivity index (χ1n) is 6.69. The number of benzene rings is 1. The van der Waals surface area contributed by atoms with Gasteiger partial charge < -0.3 is 15.2 Å². The molecule has 1 rings (SSSR count). The number of thioether (sulfide) groups is 1. The van der Waals surface area contributed by atoms with E-state index < -0.39 is 5.60 Å². The Balaban J connectivity index is 2.68. The highest BCUT2D eigenvalue weighted by Gasteiger charge is 2.32. The van der Waals surface area contributed by atoms with Gasteiger partial charge in [-0.15, -0.1) is 0 Å². The molecule has 2 N–H and O–H groups in total. The lowest BCUT2D eigenvalue weighted by Gasteiger charge is -2.29. The first kappa shape index (κ1) is 18.1. The number of amides is 1. The Bertz CT molecular complexity index is 460. The number of rotatable bonds is 7. The molecule has 1 aromatic rings. The van der Waals surface area contributed by atoms with Crippen molar-refractivity contribution in [2.24, 2.45) is 0 Å². The van der Waals surface area contributed by atoms with Crippen LogP contribution in [0.15, 0.2) is 24.3 Å². The van der Waals surface area contributed by atoms with Gasteiger partial charge in [-0.3, -0.25) is 4.79 Å². The topological polar surface area (TPSA) is 58.6 Å². The molecule has 6 heteroatoms. The largest absolute Gasteiger partial charge is 0.478 e. The average Bonchev–Trinajstić information content (AvgIpc) is 2.42. The lowest BCUT2D eigenvalue weighted by molar-refractivity contribution is -0.134. The van der Waals surface area contributed by atoms with Gasteiger partial charge in [-0.2, -0.15) is 11.8 Å². The van der Waals surface area contributed by atoms with Gasteiger partial charge >= 0.3 is 0 Å². The number of nitrogens with one attached hydrogen (secondary N) is 1. The van der Waals surface area contributed by atoms with Gasteiger partial charge in [0.2, 0.25) is 0 Å². The SMILES string of the molecule is CSC(CO)C(C)NC(=O)C(C)(C)Oc1ccc(Cl)cc1. The Morgan fingerprint density at radius 1 is 1.43 bits per heavy atom. The second-order valence-corrected chi connectivity index (χ2v) is 6.80. The number of halogens is 1. The summed E-state index contributed by atoms with van der Waals surface area (Å²) in [7, 11) is 0. The van der Waals surface area contributed by atoms with Gasteiger partial charge in [-0.1, -0.05) is 11.6 Å². The first-order chi connectivity index (χ1) is 9.80. The van der Waals surface area contributed by atoms with E-state index in [1.165, 1.54) is 11.8 Å². The van der Waals surface area contributed by atoms with Crippen LogP contribution in [0.2, 0.25) is 5.02 Å². The quantitative estimate of drug-likeness (QED) is 0.806. The fourth-order valence-electron chi connectivity index (χ4n) is 1.75. The number of aliphatic hydroxyl groups is 1. The minimum Gasteiger partial charge on any atom is -0.478 e. The molecule has 0 radical (unpaired) electrons. The van der Waals surface area contributed by atoms with E-state index in [0.717, 1.165) is 0 Å². The number of ether oxygens (including phenoxy) is 1. The summed E-state index contributed by atoms with van der Waals surface area (Å²) < 4.78 is 5.73. The molecule has 1 aromatic carbocycles. The van der Waals surface area contributed by atoms with Gasteiger partial charge in [0.25, 0.3) is 5.91 Å². The molecule has 1 amide bonds. The lowest BCUT2D eigenvalue weighted by Crippen LogP contribution is -2.52. The minimum absolute atomic E-state index is 0.0150. The summed E-state index contributed by atoms with van der Waals surface area (Å²) in [6.07, 6.45) is 1.90. The van der Waals surface area contributed by atoms with E-state index in [1.807, 2.05) is 13.2 Å². The van der Waals surface area contributed by atoms with E-state index >= 15 is 0 Å². The van der Waals surface area contributed by atoms with Gasteiger partial charge in [0.15, 0.2) is 5.60 Å². The molecule has 0 bridgehead atoms. The van der Waals surface area contributed by atoms with E-state index in [-0.39, 0.29) is 23.8 Å². The van der Waals surface area contributed by atoms with Gasteiger partial charge in [0.1, 0.15) is 5.75 Å². The third kappa shape index (κ3) is 5.41. The van der Waals surface area contributed by atoms with Gasteiger partial charge in [0, 0.05) is 16.3 Å². The number of hydrogen-bond acceptors (Lipinski definition) is 4. The molecule has 0 aliphatic heterocycles. The van der Waals surface area contributed by atoms with Crippen molar-refractivity contribution >= 4 is 29.3 Å². The summed E-state index contributed by atoms with van der Waals surface area (Å²) in [5, 5.41) is 12.7. The second-order valence-electron chi connectivity index (χ2n) is 5.29. The maximum Gasteiger partial charge on any atom is 0.263 e. The number of aliphatic hydroxyl groups excluding tert-OH is 1. The number of carbonyl (C=O) groups is 1. The summed E-state index contributed by atoms with van der Waals surface area (Å²) in [5.74, 6) is 0.355.